The quantitative estimate of drug-likeness (QED) is 0.886. The normalized spacial score (nSPS) is 20.5. The molecule has 2 atom stereocenters. The molecular weight excluding hydrogens is 336 g/mol. The highest BCUT2D eigenvalue weighted by atomic mass is 32.2. The minimum absolute atomic E-state index is 0.0489. The summed E-state index contributed by atoms with van der Waals surface area (Å²) in [5.74, 6) is 1.96. The van der Waals surface area contributed by atoms with E-state index < -0.39 is 10.0 Å². The minimum atomic E-state index is -3.48. The Morgan fingerprint density at radius 1 is 1.32 bits per heavy atom. The average Bonchev–Trinajstić information content (AvgIpc) is 3.07. The standard InChI is InChI=1S/C18H26N4O2S/c1-4-13(2)15-7-9-17(10-8-15)25(23,24)22-11-5-6-16(12-22)18-19-14(3)20-21-18/h7-10,13,16H,4-6,11-12H2,1-3H3,(H,19,20,21)/t13-,16+/m0/s1. The van der Waals surface area contributed by atoms with Crippen LogP contribution in [-0.2, 0) is 10.0 Å². The fourth-order valence-corrected chi connectivity index (χ4v) is 4.79. The molecule has 1 fully saturated rings. The van der Waals surface area contributed by atoms with E-state index in [2.05, 4.69) is 29.0 Å². The molecule has 6 nitrogen and oxygen atoms in total. The second-order valence-electron chi connectivity index (χ2n) is 6.86. The second kappa shape index (κ2) is 7.25. The number of benzene rings is 1. The Hall–Kier alpha value is -1.73. The van der Waals surface area contributed by atoms with Gasteiger partial charge in [-0.05, 0) is 49.8 Å². The van der Waals surface area contributed by atoms with Crippen molar-refractivity contribution in [2.45, 2.75) is 56.8 Å². The number of aryl methyl sites for hydroxylation is 1. The van der Waals surface area contributed by atoms with E-state index >= 15 is 0 Å². The summed E-state index contributed by atoms with van der Waals surface area (Å²) in [5, 5.41) is 7.06. The van der Waals surface area contributed by atoms with Crippen LogP contribution in [0.2, 0.25) is 0 Å². The molecule has 25 heavy (non-hydrogen) atoms. The highest BCUT2D eigenvalue weighted by Gasteiger charge is 2.32. The molecule has 136 valence electrons. The highest BCUT2D eigenvalue weighted by molar-refractivity contribution is 7.89. The molecule has 0 amide bonds. The third kappa shape index (κ3) is 3.77. The van der Waals surface area contributed by atoms with Gasteiger partial charge in [0.05, 0.1) is 4.90 Å². The maximum Gasteiger partial charge on any atom is 0.243 e. The molecule has 0 spiro atoms. The van der Waals surface area contributed by atoms with Crippen LogP contribution < -0.4 is 0 Å². The number of piperidine rings is 1. The summed E-state index contributed by atoms with van der Waals surface area (Å²) in [6.45, 7) is 7.13. The molecular formula is C18H26N4O2S. The predicted molar refractivity (Wildman–Crippen MR) is 97.0 cm³/mol. The van der Waals surface area contributed by atoms with Crippen LogP contribution in [-0.4, -0.2) is 41.0 Å². The number of sulfonamides is 1. The molecule has 0 aliphatic carbocycles. The fraction of sp³-hybridized carbons (Fsp3) is 0.556. The van der Waals surface area contributed by atoms with Crippen molar-refractivity contribution in [2.75, 3.05) is 13.1 Å². The molecule has 0 saturated carbocycles. The van der Waals surface area contributed by atoms with Gasteiger partial charge in [-0.1, -0.05) is 26.0 Å². The zero-order chi connectivity index (χ0) is 18.0. The first kappa shape index (κ1) is 18.1. The van der Waals surface area contributed by atoms with Crippen LogP contribution in [0.3, 0.4) is 0 Å². The Bertz CT molecular complexity index is 814. The first-order valence-corrected chi connectivity index (χ1v) is 10.3. The minimum Gasteiger partial charge on any atom is -0.263 e. The molecule has 1 aliphatic rings. The van der Waals surface area contributed by atoms with Crippen molar-refractivity contribution < 1.29 is 8.42 Å². The zero-order valence-corrected chi connectivity index (χ0v) is 15.9. The van der Waals surface area contributed by atoms with E-state index in [4.69, 9.17) is 0 Å². The molecule has 1 aliphatic heterocycles. The first-order chi connectivity index (χ1) is 11.9. The van der Waals surface area contributed by atoms with Gasteiger partial charge < -0.3 is 0 Å². The largest absolute Gasteiger partial charge is 0.263 e. The molecule has 2 aromatic rings. The van der Waals surface area contributed by atoms with Crippen molar-refractivity contribution in [1.82, 2.24) is 19.5 Å². The van der Waals surface area contributed by atoms with Crippen LogP contribution in [0.25, 0.3) is 0 Å². The number of aromatic nitrogens is 3. The van der Waals surface area contributed by atoms with Crippen molar-refractivity contribution in [1.29, 1.82) is 0 Å². The van der Waals surface area contributed by atoms with Gasteiger partial charge in [0.25, 0.3) is 0 Å². The molecule has 0 bridgehead atoms. The average molecular weight is 362 g/mol. The Kier molecular flexibility index (Phi) is 5.24. The highest BCUT2D eigenvalue weighted by Crippen LogP contribution is 2.29. The maximum atomic E-state index is 13.0. The summed E-state index contributed by atoms with van der Waals surface area (Å²) in [5.41, 5.74) is 1.18. The lowest BCUT2D eigenvalue weighted by Crippen LogP contribution is -2.39. The lowest BCUT2D eigenvalue weighted by Gasteiger charge is -2.30. The Morgan fingerprint density at radius 3 is 2.64 bits per heavy atom. The maximum absolute atomic E-state index is 13.0. The summed E-state index contributed by atoms with van der Waals surface area (Å²) >= 11 is 0. The topological polar surface area (TPSA) is 79.0 Å². The van der Waals surface area contributed by atoms with Gasteiger partial charge in [-0.25, -0.2) is 13.4 Å². The van der Waals surface area contributed by atoms with Gasteiger partial charge in [0.15, 0.2) is 5.82 Å². The van der Waals surface area contributed by atoms with Gasteiger partial charge in [-0.15, -0.1) is 0 Å². The summed E-state index contributed by atoms with van der Waals surface area (Å²) in [7, 11) is -3.48. The van der Waals surface area contributed by atoms with E-state index in [1.165, 1.54) is 5.56 Å². The van der Waals surface area contributed by atoms with Gasteiger partial charge in [0.1, 0.15) is 5.82 Å². The Morgan fingerprint density at radius 2 is 2.04 bits per heavy atom. The van der Waals surface area contributed by atoms with Gasteiger partial charge in [-0.2, -0.15) is 9.40 Å². The third-order valence-corrected chi connectivity index (χ3v) is 6.94. The smallest absolute Gasteiger partial charge is 0.243 e. The van der Waals surface area contributed by atoms with Crippen LogP contribution in [0.15, 0.2) is 29.2 Å². The molecule has 1 aromatic carbocycles. The van der Waals surface area contributed by atoms with Crippen LogP contribution in [0.4, 0.5) is 0 Å². The van der Waals surface area contributed by atoms with Crippen molar-refractivity contribution in [2.24, 2.45) is 0 Å². The molecule has 3 rings (SSSR count). The van der Waals surface area contributed by atoms with Crippen LogP contribution in [0, 0.1) is 6.92 Å². The van der Waals surface area contributed by atoms with Gasteiger partial charge in [-0.3, -0.25) is 5.10 Å². The van der Waals surface area contributed by atoms with Crippen LogP contribution >= 0.6 is 0 Å². The van der Waals surface area contributed by atoms with E-state index in [0.29, 0.717) is 29.7 Å². The van der Waals surface area contributed by atoms with Crippen molar-refractivity contribution in [3.05, 3.63) is 41.5 Å². The summed E-state index contributed by atoms with van der Waals surface area (Å²) in [4.78, 5) is 4.74. The second-order valence-corrected chi connectivity index (χ2v) is 8.80. The van der Waals surface area contributed by atoms with Crippen molar-refractivity contribution in [3.8, 4) is 0 Å². The zero-order valence-electron chi connectivity index (χ0n) is 15.1. The monoisotopic (exact) mass is 362 g/mol. The number of rotatable bonds is 5. The van der Waals surface area contributed by atoms with Crippen LogP contribution in [0.1, 0.15) is 62.2 Å². The first-order valence-electron chi connectivity index (χ1n) is 8.90. The molecule has 0 unspecified atom stereocenters. The lowest BCUT2D eigenvalue weighted by molar-refractivity contribution is 0.309. The molecule has 7 heteroatoms. The van der Waals surface area contributed by atoms with E-state index in [1.54, 1.807) is 16.4 Å². The van der Waals surface area contributed by atoms with Gasteiger partial charge in [0, 0.05) is 19.0 Å². The molecule has 2 heterocycles. The van der Waals surface area contributed by atoms with E-state index in [0.717, 1.165) is 25.1 Å². The summed E-state index contributed by atoms with van der Waals surface area (Å²) < 4.78 is 27.6. The third-order valence-electron chi connectivity index (χ3n) is 5.06. The van der Waals surface area contributed by atoms with Gasteiger partial charge in [0.2, 0.25) is 10.0 Å². The number of H-pyrrole nitrogens is 1. The fourth-order valence-electron chi connectivity index (χ4n) is 3.27. The van der Waals surface area contributed by atoms with E-state index in [9.17, 15) is 8.42 Å². The number of nitrogens with zero attached hydrogens (tertiary/aromatic N) is 3. The van der Waals surface area contributed by atoms with E-state index in [1.807, 2.05) is 19.1 Å². The number of nitrogens with one attached hydrogen (secondary N) is 1. The van der Waals surface area contributed by atoms with Crippen molar-refractivity contribution in [3.63, 3.8) is 0 Å². The SMILES string of the molecule is CC[C@H](C)c1ccc(S(=O)(=O)N2CCC[C@@H](c3n[nH]c(C)n3)C2)cc1. The lowest BCUT2D eigenvalue weighted by atomic mass is 9.99. The molecule has 1 saturated heterocycles. The van der Waals surface area contributed by atoms with Gasteiger partial charge >= 0.3 is 0 Å². The van der Waals surface area contributed by atoms with E-state index in [-0.39, 0.29) is 5.92 Å². The number of aromatic amines is 1. The number of hydrogen-bond acceptors (Lipinski definition) is 4. The number of hydrogen-bond donors (Lipinski definition) is 1. The Balaban J connectivity index is 1.79. The molecule has 1 N–H and O–H groups in total. The molecule has 0 radical (unpaired) electrons. The summed E-state index contributed by atoms with van der Waals surface area (Å²) in [6.07, 6.45) is 2.77. The van der Waals surface area contributed by atoms with Crippen LogP contribution in [0.5, 0.6) is 0 Å². The molecule has 1 aromatic heterocycles. The predicted octanol–water partition coefficient (Wildman–Crippen LogP) is 3.19. The Labute approximate surface area is 149 Å². The van der Waals surface area contributed by atoms with Crippen molar-refractivity contribution >= 4 is 10.0 Å². The summed E-state index contributed by atoms with van der Waals surface area (Å²) in [6, 6.07) is 7.33.